The van der Waals surface area contributed by atoms with Crippen molar-refractivity contribution in [2.75, 3.05) is 5.75 Å². The summed E-state index contributed by atoms with van der Waals surface area (Å²) < 4.78 is 2.20. The van der Waals surface area contributed by atoms with Gasteiger partial charge in [-0.1, -0.05) is 32.9 Å². The molecule has 0 saturated heterocycles. The summed E-state index contributed by atoms with van der Waals surface area (Å²) in [4.78, 5) is 16.8. The van der Waals surface area contributed by atoms with Crippen LogP contribution in [0.3, 0.4) is 0 Å². The molecule has 0 spiro atoms. The molecule has 1 aromatic heterocycles. The predicted octanol–water partition coefficient (Wildman–Crippen LogP) is 4.09. The molecule has 114 valence electrons. The Morgan fingerprint density at radius 2 is 2.10 bits per heavy atom. The van der Waals surface area contributed by atoms with Crippen LogP contribution in [0.5, 0.6) is 0 Å². The highest BCUT2D eigenvalue weighted by atomic mass is 32.2. The number of hydrogen-bond acceptors (Lipinski definition) is 3. The van der Waals surface area contributed by atoms with Crippen molar-refractivity contribution in [3.8, 4) is 0 Å². The Bertz CT molecular complexity index is 606. The number of thioether (sulfide) groups is 1. The lowest BCUT2D eigenvalue weighted by atomic mass is 10.3. The molecule has 1 heterocycles. The fraction of sp³-hybridized carbons (Fsp3) is 0.529. The first-order valence-electron chi connectivity index (χ1n) is 7.73. The van der Waals surface area contributed by atoms with Crippen LogP contribution in [0.15, 0.2) is 24.3 Å². The lowest BCUT2D eigenvalue weighted by molar-refractivity contribution is -0.116. The number of ketones is 1. The number of Topliss-reactive ketones (excluding diaryl/α,β-unsaturated/α-hetero) is 1. The van der Waals surface area contributed by atoms with Crippen molar-refractivity contribution in [3.63, 3.8) is 0 Å². The summed E-state index contributed by atoms with van der Waals surface area (Å²) in [6.45, 7) is 7.40. The van der Waals surface area contributed by atoms with Crippen LogP contribution in [-0.4, -0.2) is 26.3 Å². The second-order valence-corrected chi connectivity index (χ2v) is 6.84. The fourth-order valence-corrected chi connectivity index (χ4v) is 3.12. The molecule has 0 aliphatic heterocycles. The number of nitrogens with zero attached hydrogens (tertiary/aromatic N) is 2. The van der Waals surface area contributed by atoms with Crippen LogP contribution in [0.1, 0.15) is 39.4 Å². The van der Waals surface area contributed by atoms with Gasteiger partial charge in [0, 0.05) is 11.8 Å². The highest BCUT2D eigenvalue weighted by Crippen LogP contribution is 2.19. The van der Waals surface area contributed by atoms with Gasteiger partial charge in [-0.15, -0.1) is 0 Å². The Kier molecular flexibility index (Phi) is 5.85. The Morgan fingerprint density at radius 3 is 2.81 bits per heavy atom. The number of carbonyl (C=O) groups is 1. The second-order valence-electron chi connectivity index (χ2n) is 5.41. The fourth-order valence-electron chi connectivity index (χ4n) is 2.31. The van der Waals surface area contributed by atoms with Crippen molar-refractivity contribution < 1.29 is 4.79 Å². The van der Waals surface area contributed by atoms with Crippen LogP contribution < -0.4 is 0 Å². The number of aryl methyl sites for hydroxylation is 1. The summed E-state index contributed by atoms with van der Waals surface area (Å²) in [6, 6.07) is 8.12. The Labute approximate surface area is 131 Å². The molecule has 0 bridgehead atoms. The van der Waals surface area contributed by atoms with Gasteiger partial charge >= 0.3 is 0 Å². The minimum Gasteiger partial charge on any atom is -0.328 e. The van der Waals surface area contributed by atoms with Crippen LogP contribution >= 0.6 is 11.8 Å². The van der Waals surface area contributed by atoms with E-state index >= 15 is 0 Å². The van der Waals surface area contributed by atoms with E-state index in [1.807, 2.05) is 18.2 Å². The summed E-state index contributed by atoms with van der Waals surface area (Å²) in [7, 11) is 0. The molecular formula is C17H24N2OS. The van der Waals surface area contributed by atoms with E-state index in [0.29, 0.717) is 17.4 Å². The minimum absolute atomic E-state index is 0.271. The van der Waals surface area contributed by atoms with Crippen LogP contribution in [0.25, 0.3) is 11.0 Å². The van der Waals surface area contributed by atoms with E-state index in [0.717, 1.165) is 36.2 Å². The first-order valence-corrected chi connectivity index (χ1v) is 8.78. The highest BCUT2D eigenvalue weighted by Gasteiger charge is 2.14. The number of imidazole rings is 1. The summed E-state index contributed by atoms with van der Waals surface area (Å²) in [6.07, 6.45) is 2.59. The molecule has 21 heavy (non-hydrogen) atoms. The van der Waals surface area contributed by atoms with Gasteiger partial charge in [0.15, 0.2) is 0 Å². The number of hydrogen-bond donors (Lipinski definition) is 0. The van der Waals surface area contributed by atoms with Crippen molar-refractivity contribution in [1.29, 1.82) is 0 Å². The third kappa shape index (κ3) is 4.10. The molecule has 0 N–H and O–H groups in total. The average Bonchev–Trinajstić information content (AvgIpc) is 2.83. The number of para-hydroxylation sites is 2. The molecule has 1 aromatic carbocycles. The molecule has 0 aliphatic carbocycles. The molecule has 0 fully saturated rings. The molecule has 3 nitrogen and oxygen atoms in total. The average molecular weight is 304 g/mol. The first kappa shape index (κ1) is 16.1. The minimum atomic E-state index is 0.271. The molecular weight excluding hydrogens is 280 g/mol. The molecule has 0 saturated carbocycles. The normalized spacial score (nSPS) is 12.7. The third-order valence-corrected chi connectivity index (χ3v) is 5.03. The lowest BCUT2D eigenvalue weighted by Crippen LogP contribution is -2.13. The number of carbonyl (C=O) groups excluding carboxylic acids is 1. The molecule has 0 aliphatic rings. The molecule has 2 aromatic rings. The molecule has 0 radical (unpaired) electrons. The van der Waals surface area contributed by atoms with Crippen LogP contribution in [0.4, 0.5) is 0 Å². The monoisotopic (exact) mass is 304 g/mol. The molecule has 1 unspecified atom stereocenters. The van der Waals surface area contributed by atoms with Gasteiger partial charge in [-0.25, -0.2) is 4.98 Å². The molecule has 1 atom stereocenters. The number of fused-ring (bicyclic) bond motifs is 1. The first-order chi connectivity index (χ1) is 10.2. The largest absolute Gasteiger partial charge is 0.328 e. The smallest absolute Gasteiger partial charge is 0.150 e. The standard InChI is InChI=1S/C17H24N2OS/c1-4-10-19-16-9-7-6-8-15(16)18-17(19)11-14(20)12-21-13(3)5-2/h6-9,13H,4-5,10-12H2,1-3H3. The van der Waals surface area contributed by atoms with Crippen molar-refractivity contribution in [2.45, 2.75) is 51.8 Å². The maximum absolute atomic E-state index is 12.2. The molecule has 4 heteroatoms. The third-order valence-electron chi connectivity index (χ3n) is 3.64. The Balaban J connectivity index is 2.13. The van der Waals surface area contributed by atoms with Gasteiger partial charge < -0.3 is 4.57 Å². The summed E-state index contributed by atoms with van der Waals surface area (Å²) in [5, 5.41) is 0.545. The Morgan fingerprint density at radius 1 is 1.33 bits per heavy atom. The van der Waals surface area contributed by atoms with E-state index in [9.17, 15) is 4.79 Å². The van der Waals surface area contributed by atoms with E-state index < -0.39 is 0 Å². The van der Waals surface area contributed by atoms with E-state index in [4.69, 9.17) is 0 Å². The van der Waals surface area contributed by atoms with Crippen molar-refractivity contribution >= 4 is 28.6 Å². The zero-order valence-corrected chi connectivity index (χ0v) is 13.9. The second kappa shape index (κ2) is 7.64. The molecule has 0 amide bonds. The SMILES string of the molecule is CCCn1c(CC(=O)CSC(C)CC)nc2ccccc21. The van der Waals surface area contributed by atoms with Crippen LogP contribution in [-0.2, 0) is 17.8 Å². The van der Waals surface area contributed by atoms with Gasteiger partial charge in [0.05, 0.1) is 23.2 Å². The van der Waals surface area contributed by atoms with E-state index in [-0.39, 0.29) is 5.78 Å². The van der Waals surface area contributed by atoms with E-state index in [1.54, 1.807) is 11.8 Å². The van der Waals surface area contributed by atoms with E-state index in [1.165, 1.54) is 0 Å². The van der Waals surface area contributed by atoms with Crippen molar-refractivity contribution in [1.82, 2.24) is 9.55 Å². The number of benzene rings is 1. The van der Waals surface area contributed by atoms with Crippen molar-refractivity contribution in [2.24, 2.45) is 0 Å². The maximum atomic E-state index is 12.2. The zero-order chi connectivity index (χ0) is 15.2. The maximum Gasteiger partial charge on any atom is 0.150 e. The van der Waals surface area contributed by atoms with Gasteiger partial charge in [-0.05, 0) is 25.0 Å². The van der Waals surface area contributed by atoms with Crippen molar-refractivity contribution in [3.05, 3.63) is 30.1 Å². The highest BCUT2D eigenvalue weighted by molar-refractivity contribution is 8.00. The predicted molar refractivity (Wildman–Crippen MR) is 90.9 cm³/mol. The summed E-state index contributed by atoms with van der Waals surface area (Å²) in [5.74, 6) is 1.77. The summed E-state index contributed by atoms with van der Waals surface area (Å²) in [5.41, 5.74) is 2.13. The number of rotatable bonds is 8. The van der Waals surface area contributed by atoms with Gasteiger partial charge in [0.2, 0.25) is 0 Å². The number of aromatic nitrogens is 2. The summed E-state index contributed by atoms with van der Waals surface area (Å²) >= 11 is 1.74. The van der Waals surface area contributed by atoms with Gasteiger partial charge in [0.1, 0.15) is 11.6 Å². The van der Waals surface area contributed by atoms with Gasteiger partial charge in [0.25, 0.3) is 0 Å². The van der Waals surface area contributed by atoms with Gasteiger partial charge in [-0.3, -0.25) is 4.79 Å². The quantitative estimate of drug-likeness (QED) is 0.737. The molecule has 2 rings (SSSR count). The Hall–Kier alpha value is -1.29. The van der Waals surface area contributed by atoms with Gasteiger partial charge in [-0.2, -0.15) is 11.8 Å². The van der Waals surface area contributed by atoms with Crippen LogP contribution in [0, 0.1) is 0 Å². The van der Waals surface area contributed by atoms with Crippen LogP contribution in [0.2, 0.25) is 0 Å². The lowest BCUT2D eigenvalue weighted by Gasteiger charge is -2.09. The zero-order valence-electron chi connectivity index (χ0n) is 13.1. The topological polar surface area (TPSA) is 34.9 Å². The van der Waals surface area contributed by atoms with E-state index in [2.05, 4.69) is 36.4 Å².